The summed E-state index contributed by atoms with van der Waals surface area (Å²) >= 11 is 12.2. The Hall–Kier alpha value is -2.30. The van der Waals surface area contributed by atoms with E-state index >= 15 is 0 Å². The number of hydrogen-bond donors (Lipinski definition) is 1. The third-order valence-corrected chi connectivity index (χ3v) is 5.61. The zero-order chi connectivity index (χ0) is 18.8. The van der Waals surface area contributed by atoms with Crippen LogP contribution in [0.25, 0.3) is 11.3 Å². The van der Waals surface area contributed by atoms with Crippen molar-refractivity contribution in [1.82, 2.24) is 14.9 Å². The van der Waals surface area contributed by atoms with Crippen molar-refractivity contribution in [2.24, 2.45) is 0 Å². The Morgan fingerprint density at radius 3 is 2.89 bits per heavy atom. The van der Waals surface area contributed by atoms with E-state index in [9.17, 15) is 4.79 Å². The van der Waals surface area contributed by atoms with E-state index in [1.807, 2.05) is 18.2 Å². The van der Waals surface area contributed by atoms with E-state index in [1.165, 1.54) is 6.42 Å². The summed E-state index contributed by atoms with van der Waals surface area (Å²) in [6, 6.07) is 13.4. The third-order valence-electron chi connectivity index (χ3n) is 4.75. The second-order valence-corrected chi connectivity index (χ2v) is 7.49. The Balaban J connectivity index is 1.41. The molecule has 2 aromatic carbocycles. The summed E-state index contributed by atoms with van der Waals surface area (Å²) in [7, 11) is 0. The lowest BCUT2D eigenvalue weighted by Crippen LogP contribution is -2.24. The molecule has 6 heteroatoms. The number of carbonyl (C=O) groups is 1. The van der Waals surface area contributed by atoms with Crippen molar-refractivity contribution in [2.75, 3.05) is 0 Å². The molecule has 0 aliphatic carbocycles. The van der Waals surface area contributed by atoms with Gasteiger partial charge >= 0.3 is 0 Å². The summed E-state index contributed by atoms with van der Waals surface area (Å²) < 4.78 is 2.22. The van der Waals surface area contributed by atoms with Gasteiger partial charge in [0, 0.05) is 31.3 Å². The average Bonchev–Trinajstić information content (AvgIpc) is 3.26. The largest absolute Gasteiger partial charge is 0.352 e. The molecule has 1 aliphatic rings. The van der Waals surface area contributed by atoms with Gasteiger partial charge in [0.15, 0.2) is 0 Å². The molecule has 0 radical (unpaired) electrons. The summed E-state index contributed by atoms with van der Waals surface area (Å²) in [6.45, 7) is 1.50. The van der Waals surface area contributed by atoms with Crippen LogP contribution in [0.3, 0.4) is 0 Å². The molecule has 27 heavy (non-hydrogen) atoms. The van der Waals surface area contributed by atoms with Gasteiger partial charge in [-0.25, -0.2) is 4.98 Å². The maximum Gasteiger partial charge on any atom is 0.224 e. The predicted octanol–water partition coefficient (Wildman–Crippen LogP) is 4.66. The Kier molecular flexibility index (Phi) is 5.19. The molecule has 0 saturated carbocycles. The number of imidazole rings is 1. The van der Waals surface area contributed by atoms with E-state index in [0.717, 1.165) is 41.2 Å². The lowest BCUT2D eigenvalue weighted by atomic mass is 10.1. The number of aryl methyl sites for hydroxylation is 2. The number of halogens is 2. The zero-order valence-electron chi connectivity index (χ0n) is 14.7. The monoisotopic (exact) mass is 399 g/mol. The zero-order valence-corrected chi connectivity index (χ0v) is 16.2. The van der Waals surface area contributed by atoms with E-state index < -0.39 is 0 Å². The maximum absolute atomic E-state index is 12.3. The molecule has 1 aromatic heterocycles. The minimum Gasteiger partial charge on any atom is -0.352 e. The van der Waals surface area contributed by atoms with E-state index in [-0.39, 0.29) is 12.3 Å². The number of amides is 1. The standard InChI is InChI=1S/C21H19Cl2N3O/c22-17-7-2-6-16(21(17)23)11-20(27)24-12-14-4-1-5-15(10-14)18-13-26-9-3-8-19(26)25-18/h1-2,4-7,10,13H,3,8-9,11-12H2,(H,24,27). The van der Waals surface area contributed by atoms with Crippen LogP contribution in [0.4, 0.5) is 0 Å². The molecule has 0 unspecified atom stereocenters. The normalized spacial score (nSPS) is 12.8. The van der Waals surface area contributed by atoms with Crippen molar-refractivity contribution in [2.45, 2.75) is 32.4 Å². The Morgan fingerprint density at radius 1 is 1.19 bits per heavy atom. The first-order valence-corrected chi connectivity index (χ1v) is 9.71. The smallest absolute Gasteiger partial charge is 0.224 e. The molecule has 138 valence electrons. The molecule has 2 heterocycles. The van der Waals surface area contributed by atoms with Gasteiger partial charge in [0.25, 0.3) is 0 Å². The number of benzene rings is 2. The summed E-state index contributed by atoms with van der Waals surface area (Å²) in [5.74, 6) is 1.06. The fraction of sp³-hybridized carbons (Fsp3) is 0.238. The topological polar surface area (TPSA) is 46.9 Å². The second kappa shape index (κ2) is 7.75. The average molecular weight is 400 g/mol. The molecule has 1 amide bonds. The van der Waals surface area contributed by atoms with E-state index in [0.29, 0.717) is 16.6 Å². The highest BCUT2D eigenvalue weighted by atomic mass is 35.5. The molecule has 4 nitrogen and oxygen atoms in total. The van der Waals surface area contributed by atoms with Crippen LogP contribution in [0.15, 0.2) is 48.7 Å². The highest BCUT2D eigenvalue weighted by molar-refractivity contribution is 6.42. The molecule has 1 aliphatic heterocycles. The lowest BCUT2D eigenvalue weighted by Gasteiger charge is -2.08. The van der Waals surface area contributed by atoms with Gasteiger partial charge in [0.05, 0.1) is 22.2 Å². The van der Waals surface area contributed by atoms with Crippen molar-refractivity contribution in [1.29, 1.82) is 0 Å². The van der Waals surface area contributed by atoms with Gasteiger partial charge in [-0.05, 0) is 29.7 Å². The molecule has 1 N–H and O–H groups in total. The highest BCUT2D eigenvalue weighted by Crippen LogP contribution is 2.26. The predicted molar refractivity (Wildman–Crippen MR) is 108 cm³/mol. The number of nitrogens with zero attached hydrogens (tertiary/aromatic N) is 2. The van der Waals surface area contributed by atoms with Crippen LogP contribution in [0.2, 0.25) is 10.0 Å². The second-order valence-electron chi connectivity index (χ2n) is 6.71. The van der Waals surface area contributed by atoms with Gasteiger partial charge < -0.3 is 9.88 Å². The van der Waals surface area contributed by atoms with Gasteiger partial charge in [-0.3, -0.25) is 4.79 Å². The first kappa shape index (κ1) is 18.1. The van der Waals surface area contributed by atoms with E-state index in [4.69, 9.17) is 28.2 Å². The number of hydrogen-bond acceptors (Lipinski definition) is 2. The molecule has 0 bridgehead atoms. The number of rotatable bonds is 5. The van der Waals surface area contributed by atoms with Crippen molar-refractivity contribution in [3.8, 4) is 11.3 Å². The Morgan fingerprint density at radius 2 is 2.04 bits per heavy atom. The van der Waals surface area contributed by atoms with Crippen molar-refractivity contribution < 1.29 is 4.79 Å². The third kappa shape index (κ3) is 4.02. The van der Waals surface area contributed by atoms with Crippen LogP contribution in [-0.2, 0) is 30.7 Å². The minimum absolute atomic E-state index is 0.0921. The number of nitrogens with one attached hydrogen (secondary N) is 1. The molecule has 0 spiro atoms. The van der Waals surface area contributed by atoms with Crippen LogP contribution in [-0.4, -0.2) is 15.5 Å². The Labute approximate surface area is 168 Å². The molecule has 0 atom stereocenters. The summed E-state index contributed by atoms with van der Waals surface area (Å²) in [5.41, 5.74) is 3.82. The van der Waals surface area contributed by atoms with Gasteiger partial charge in [0.2, 0.25) is 5.91 Å². The van der Waals surface area contributed by atoms with Crippen LogP contribution in [0.5, 0.6) is 0 Å². The fourth-order valence-corrected chi connectivity index (χ4v) is 3.74. The summed E-state index contributed by atoms with van der Waals surface area (Å²) in [5, 5.41) is 3.84. The summed E-state index contributed by atoms with van der Waals surface area (Å²) in [6.07, 6.45) is 4.53. The Bertz CT molecular complexity index is 975. The van der Waals surface area contributed by atoms with Crippen molar-refractivity contribution >= 4 is 29.1 Å². The number of carbonyl (C=O) groups excluding carboxylic acids is 1. The summed E-state index contributed by atoms with van der Waals surface area (Å²) in [4.78, 5) is 17.0. The van der Waals surface area contributed by atoms with Gasteiger partial charge in [-0.1, -0.05) is 53.5 Å². The SMILES string of the molecule is O=C(Cc1cccc(Cl)c1Cl)NCc1cccc(-c2cn3c(n2)CCC3)c1. The number of fused-ring (bicyclic) bond motifs is 1. The highest BCUT2D eigenvalue weighted by Gasteiger charge is 2.15. The van der Waals surface area contributed by atoms with Crippen molar-refractivity contribution in [3.63, 3.8) is 0 Å². The molecule has 0 saturated heterocycles. The molecule has 3 aromatic rings. The molecular weight excluding hydrogens is 381 g/mol. The van der Waals surface area contributed by atoms with E-state index in [2.05, 4.69) is 28.2 Å². The molecule has 0 fully saturated rings. The van der Waals surface area contributed by atoms with Gasteiger partial charge in [-0.2, -0.15) is 0 Å². The van der Waals surface area contributed by atoms with Crippen LogP contribution in [0.1, 0.15) is 23.4 Å². The minimum atomic E-state index is -0.0921. The lowest BCUT2D eigenvalue weighted by molar-refractivity contribution is -0.120. The number of aromatic nitrogens is 2. The maximum atomic E-state index is 12.3. The molecule has 4 rings (SSSR count). The van der Waals surface area contributed by atoms with Crippen LogP contribution >= 0.6 is 23.2 Å². The first-order valence-electron chi connectivity index (χ1n) is 8.95. The first-order chi connectivity index (χ1) is 13.1. The van der Waals surface area contributed by atoms with E-state index in [1.54, 1.807) is 12.1 Å². The van der Waals surface area contributed by atoms with Crippen LogP contribution < -0.4 is 5.32 Å². The van der Waals surface area contributed by atoms with Crippen molar-refractivity contribution in [3.05, 3.63) is 75.7 Å². The fourth-order valence-electron chi connectivity index (χ4n) is 3.36. The molecular formula is C21H19Cl2N3O. The van der Waals surface area contributed by atoms with Crippen LogP contribution in [0, 0.1) is 0 Å². The van der Waals surface area contributed by atoms with Gasteiger partial charge in [-0.15, -0.1) is 0 Å². The quantitative estimate of drug-likeness (QED) is 0.677. The van der Waals surface area contributed by atoms with Gasteiger partial charge in [0.1, 0.15) is 5.82 Å².